The number of anilines is 1. The molecule has 1 N–H and O–H groups in total. The Hall–Kier alpha value is -2.23. The highest BCUT2D eigenvalue weighted by molar-refractivity contribution is 7.16. The zero-order valence-corrected chi connectivity index (χ0v) is 15.0. The first-order valence-corrected chi connectivity index (χ1v) is 9.06. The Kier molecular flexibility index (Phi) is 5.12. The van der Waals surface area contributed by atoms with Crippen LogP contribution < -0.4 is 5.32 Å². The van der Waals surface area contributed by atoms with E-state index in [2.05, 4.69) is 10.3 Å². The van der Waals surface area contributed by atoms with Crippen molar-refractivity contribution in [3.63, 3.8) is 0 Å². The Labute approximate surface area is 158 Å². The van der Waals surface area contributed by atoms with Crippen LogP contribution in [0.3, 0.4) is 0 Å². The van der Waals surface area contributed by atoms with Gasteiger partial charge in [-0.15, -0.1) is 22.7 Å². The molecule has 1 amide bonds. The number of aromatic nitrogens is 1. The van der Waals surface area contributed by atoms with E-state index in [-0.39, 0.29) is 10.0 Å². The summed E-state index contributed by atoms with van der Waals surface area (Å²) in [5, 5.41) is 4.97. The number of hydrogen-bond acceptors (Lipinski definition) is 5. The lowest BCUT2D eigenvalue weighted by atomic mass is 10.2. The van der Waals surface area contributed by atoms with Crippen molar-refractivity contribution in [2.24, 2.45) is 0 Å². The third-order valence-corrected chi connectivity index (χ3v) is 5.36. The predicted molar refractivity (Wildman–Crippen MR) is 95.2 cm³/mol. The Bertz CT molecular complexity index is 982. The quantitative estimate of drug-likeness (QED) is 0.569. The van der Waals surface area contributed by atoms with E-state index in [0.29, 0.717) is 27.6 Å². The zero-order chi connectivity index (χ0) is 18.9. The van der Waals surface area contributed by atoms with Crippen molar-refractivity contribution in [1.29, 1.82) is 0 Å². The van der Waals surface area contributed by atoms with E-state index in [1.807, 2.05) is 0 Å². The summed E-state index contributed by atoms with van der Waals surface area (Å²) < 4.78 is 37.3. The average Bonchev–Trinajstić information content (AvgIpc) is 3.23. The van der Waals surface area contributed by atoms with Gasteiger partial charge < -0.3 is 0 Å². The van der Waals surface area contributed by atoms with Gasteiger partial charge in [0.05, 0.1) is 15.4 Å². The average molecular weight is 417 g/mol. The van der Waals surface area contributed by atoms with Gasteiger partial charge in [-0.05, 0) is 18.2 Å². The number of Topliss-reactive ketones (excluding diaryl/α,β-unsaturated/α-hetero) is 1. The van der Waals surface area contributed by atoms with Crippen LogP contribution in [-0.2, 0) is 0 Å². The van der Waals surface area contributed by atoms with E-state index >= 15 is 0 Å². The number of benzene rings is 1. The van der Waals surface area contributed by atoms with Gasteiger partial charge in [-0.2, -0.15) is 13.2 Å². The minimum atomic E-state index is -4.97. The van der Waals surface area contributed by atoms with Crippen molar-refractivity contribution in [3.8, 4) is 11.3 Å². The van der Waals surface area contributed by atoms with Gasteiger partial charge in [0, 0.05) is 16.0 Å². The molecule has 0 saturated carbocycles. The molecule has 134 valence electrons. The van der Waals surface area contributed by atoms with E-state index in [4.69, 9.17) is 11.6 Å². The summed E-state index contributed by atoms with van der Waals surface area (Å²) in [6.07, 6.45) is -4.97. The van der Waals surface area contributed by atoms with Crippen LogP contribution in [0.2, 0.25) is 5.02 Å². The highest BCUT2D eigenvalue weighted by Gasteiger charge is 2.40. The van der Waals surface area contributed by atoms with E-state index in [9.17, 15) is 22.8 Å². The zero-order valence-electron chi connectivity index (χ0n) is 12.6. The summed E-state index contributed by atoms with van der Waals surface area (Å²) in [4.78, 5) is 27.0. The maximum atomic E-state index is 12.4. The van der Waals surface area contributed by atoms with Crippen molar-refractivity contribution < 1.29 is 22.8 Å². The fourth-order valence-corrected chi connectivity index (χ4v) is 3.80. The molecule has 2 aromatic heterocycles. The summed E-state index contributed by atoms with van der Waals surface area (Å²) in [5.41, 5.74) is 1.26. The van der Waals surface area contributed by atoms with Gasteiger partial charge in [-0.3, -0.25) is 14.9 Å². The molecule has 4 nitrogen and oxygen atoms in total. The fourth-order valence-electron chi connectivity index (χ4n) is 2.00. The molecule has 0 saturated heterocycles. The van der Waals surface area contributed by atoms with Crippen LogP contribution >= 0.6 is 34.3 Å². The molecule has 3 rings (SSSR count). The highest BCUT2D eigenvalue weighted by atomic mass is 35.5. The van der Waals surface area contributed by atoms with Gasteiger partial charge >= 0.3 is 6.18 Å². The minimum absolute atomic E-state index is 0.0212. The normalized spacial score (nSPS) is 11.4. The summed E-state index contributed by atoms with van der Waals surface area (Å²) in [5.74, 6) is -2.62. The molecule has 0 aliphatic rings. The Morgan fingerprint density at radius 1 is 1.08 bits per heavy atom. The number of hydrogen-bond donors (Lipinski definition) is 1. The van der Waals surface area contributed by atoms with E-state index in [1.165, 1.54) is 6.07 Å². The van der Waals surface area contributed by atoms with Gasteiger partial charge in [0.25, 0.3) is 11.7 Å². The fraction of sp³-hybridized carbons (Fsp3) is 0.0625. The maximum Gasteiger partial charge on any atom is 0.455 e. The molecule has 2 heterocycles. The first-order chi connectivity index (χ1) is 12.3. The Morgan fingerprint density at radius 2 is 1.77 bits per heavy atom. The highest BCUT2D eigenvalue weighted by Crippen LogP contribution is 2.31. The molecule has 0 bridgehead atoms. The molecule has 0 fully saturated rings. The standard InChI is InChI=1S/C16H8ClF3N2O2S2/c17-9-4-2-1-3-8(9)10-7-25-15(21-10)22-14(24)12-6-5-11(26-12)13(23)16(18,19)20/h1-7H,(H,21,22,24). The van der Waals surface area contributed by atoms with Gasteiger partial charge in [0.1, 0.15) is 0 Å². The molecule has 26 heavy (non-hydrogen) atoms. The number of carbonyl (C=O) groups is 2. The number of thiophene rings is 1. The minimum Gasteiger partial charge on any atom is -0.297 e. The molecule has 10 heteroatoms. The van der Waals surface area contributed by atoms with Crippen molar-refractivity contribution in [2.75, 3.05) is 5.32 Å². The molecule has 0 unspecified atom stereocenters. The molecule has 0 radical (unpaired) electrons. The SMILES string of the molecule is O=C(Nc1nc(-c2ccccc2Cl)cs1)c1ccc(C(=O)C(F)(F)F)s1. The lowest BCUT2D eigenvalue weighted by Gasteiger charge is -2.01. The molecule has 0 aliphatic carbocycles. The second kappa shape index (κ2) is 7.18. The number of ketones is 1. The van der Waals surface area contributed by atoms with Crippen LogP contribution in [0.5, 0.6) is 0 Å². The van der Waals surface area contributed by atoms with Crippen molar-refractivity contribution in [3.05, 3.63) is 56.6 Å². The molecule has 0 aliphatic heterocycles. The third kappa shape index (κ3) is 3.95. The smallest absolute Gasteiger partial charge is 0.297 e. The van der Waals surface area contributed by atoms with Gasteiger partial charge in [-0.25, -0.2) is 4.98 Å². The maximum absolute atomic E-state index is 12.4. The predicted octanol–water partition coefficient (Wildman–Crippen LogP) is 5.52. The third-order valence-electron chi connectivity index (χ3n) is 3.19. The van der Waals surface area contributed by atoms with Crippen molar-refractivity contribution in [2.45, 2.75) is 6.18 Å². The van der Waals surface area contributed by atoms with Crippen LogP contribution in [0, 0.1) is 0 Å². The second-order valence-corrected chi connectivity index (χ2v) is 7.31. The molecule has 3 aromatic rings. The molecule has 1 aromatic carbocycles. The largest absolute Gasteiger partial charge is 0.455 e. The van der Waals surface area contributed by atoms with Crippen LogP contribution in [0.15, 0.2) is 41.8 Å². The molecule has 0 atom stereocenters. The Morgan fingerprint density at radius 3 is 2.46 bits per heavy atom. The van der Waals surface area contributed by atoms with E-state index in [0.717, 1.165) is 17.4 Å². The number of nitrogens with one attached hydrogen (secondary N) is 1. The topological polar surface area (TPSA) is 59.1 Å². The van der Waals surface area contributed by atoms with E-state index < -0.39 is 22.7 Å². The second-order valence-electron chi connectivity index (χ2n) is 4.96. The summed E-state index contributed by atoms with van der Waals surface area (Å²) in [7, 11) is 0. The number of halogens is 4. The van der Waals surface area contributed by atoms with Crippen LogP contribution in [-0.4, -0.2) is 22.9 Å². The van der Waals surface area contributed by atoms with Crippen LogP contribution in [0.4, 0.5) is 18.3 Å². The number of rotatable bonds is 4. The first-order valence-electron chi connectivity index (χ1n) is 6.99. The van der Waals surface area contributed by atoms with Gasteiger partial charge in [0.2, 0.25) is 0 Å². The summed E-state index contributed by atoms with van der Waals surface area (Å²) >= 11 is 7.72. The lowest BCUT2D eigenvalue weighted by Crippen LogP contribution is -2.21. The first kappa shape index (κ1) is 18.6. The monoisotopic (exact) mass is 416 g/mol. The number of carbonyl (C=O) groups excluding carboxylic acids is 2. The van der Waals surface area contributed by atoms with Crippen molar-refractivity contribution in [1.82, 2.24) is 4.98 Å². The van der Waals surface area contributed by atoms with Crippen molar-refractivity contribution >= 4 is 51.1 Å². The van der Waals surface area contributed by atoms with Crippen LogP contribution in [0.25, 0.3) is 11.3 Å². The lowest BCUT2D eigenvalue weighted by molar-refractivity contribution is -0.0882. The van der Waals surface area contributed by atoms with E-state index in [1.54, 1.807) is 29.6 Å². The Balaban J connectivity index is 1.75. The number of alkyl halides is 3. The number of thiazole rings is 1. The van der Waals surface area contributed by atoms with Gasteiger partial charge in [0.15, 0.2) is 5.13 Å². The van der Waals surface area contributed by atoms with Gasteiger partial charge in [-0.1, -0.05) is 29.8 Å². The number of amides is 1. The molecular formula is C16H8ClF3N2O2S2. The van der Waals surface area contributed by atoms with Crippen LogP contribution in [0.1, 0.15) is 19.3 Å². The summed E-state index contributed by atoms with van der Waals surface area (Å²) in [6, 6.07) is 9.20. The number of nitrogens with zero attached hydrogens (tertiary/aromatic N) is 1. The summed E-state index contributed by atoms with van der Waals surface area (Å²) in [6.45, 7) is 0. The molecular weight excluding hydrogens is 409 g/mol. The molecule has 0 spiro atoms.